The molecule has 1 aromatic carbocycles. The molecule has 1 fully saturated rings. The van der Waals surface area contributed by atoms with Crippen molar-refractivity contribution in [2.45, 2.75) is 12.5 Å². The number of nitrogens with one attached hydrogen (secondary N) is 2. The maximum Gasteiger partial charge on any atom is 0.222 e. The van der Waals surface area contributed by atoms with Gasteiger partial charge in [0.2, 0.25) is 5.91 Å². The second-order valence-electron chi connectivity index (χ2n) is 3.62. The van der Waals surface area contributed by atoms with Crippen LogP contribution in [0.15, 0.2) is 18.2 Å². The molecule has 0 saturated carbocycles. The fraction of sp³-hybridized carbons (Fsp3) is 0.273. The Labute approximate surface area is 92.1 Å². The number of nitriles is 1. The molecule has 82 valence electrons. The molecule has 1 saturated heterocycles. The highest BCUT2D eigenvalue weighted by Gasteiger charge is 2.22. The minimum absolute atomic E-state index is 0.0122. The van der Waals surface area contributed by atoms with E-state index >= 15 is 0 Å². The summed E-state index contributed by atoms with van der Waals surface area (Å²) >= 11 is 0. The van der Waals surface area contributed by atoms with E-state index in [1.165, 1.54) is 12.1 Å². The maximum absolute atomic E-state index is 13.3. The molecule has 0 bridgehead atoms. The van der Waals surface area contributed by atoms with Crippen LogP contribution in [-0.4, -0.2) is 18.5 Å². The van der Waals surface area contributed by atoms with Gasteiger partial charge in [0.25, 0.3) is 0 Å². The summed E-state index contributed by atoms with van der Waals surface area (Å²) in [5.74, 6) is -0.586. The second kappa shape index (κ2) is 4.19. The van der Waals surface area contributed by atoms with Gasteiger partial charge in [-0.1, -0.05) is 6.07 Å². The van der Waals surface area contributed by atoms with E-state index in [4.69, 9.17) is 5.26 Å². The third-order valence-corrected chi connectivity index (χ3v) is 2.46. The summed E-state index contributed by atoms with van der Waals surface area (Å²) in [6, 6.07) is 6.12. The number of rotatable bonds is 2. The summed E-state index contributed by atoms with van der Waals surface area (Å²) in [5, 5.41) is 14.5. The number of nitrogens with zero attached hydrogens (tertiary/aromatic N) is 1. The Morgan fingerprint density at radius 2 is 2.38 bits per heavy atom. The first-order valence-electron chi connectivity index (χ1n) is 4.92. The van der Waals surface area contributed by atoms with Gasteiger partial charge in [0, 0.05) is 13.0 Å². The predicted octanol–water partition coefficient (Wildman–Crippen LogP) is 0.998. The Morgan fingerprint density at radius 3 is 3.00 bits per heavy atom. The zero-order valence-corrected chi connectivity index (χ0v) is 8.46. The largest absolute Gasteiger partial charge is 0.379 e. The van der Waals surface area contributed by atoms with Crippen LogP contribution in [0.25, 0.3) is 0 Å². The zero-order chi connectivity index (χ0) is 11.5. The van der Waals surface area contributed by atoms with Crippen molar-refractivity contribution in [3.63, 3.8) is 0 Å². The summed E-state index contributed by atoms with van der Waals surface area (Å²) in [4.78, 5) is 11.0. The van der Waals surface area contributed by atoms with Crippen LogP contribution in [0.3, 0.4) is 0 Å². The summed E-state index contributed by atoms with van der Waals surface area (Å²) in [5.41, 5.74) is 0.422. The Kier molecular flexibility index (Phi) is 2.73. The van der Waals surface area contributed by atoms with Crippen LogP contribution in [0.4, 0.5) is 10.1 Å². The van der Waals surface area contributed by atoms with E-state index in [1.807, 2.05) is 0 Å². The number of hydrogen-bond acceptors (Lipinski definition) is 3. The van der Waals surface area contributed by atoms with Crippen LogP contribution in [0, 0.1) is 17.1 Å². The van der Waals surface area contributed by atoms with Crippen molar-refractivity contribution in [1.29, 1.82) is 5.26 Å². The minimum Gasteiger partial charge on any atom is -0.379 e. The average molecular weight is 219 g/mol. The minimum atomic E-state index is -0.551. The number of halogens is 1. The van der Waals surface area contributed by atoms with Crippen LogP contribution in [0.1, 0.15) is 12.0 Å². The number of benzene rings is 1. The van der Waals surface area contributed by atoms with E-state index in [1.54, 1.807) is 12.1 Å². The van der Waals surface area contributed by atoms with Gasteiger partial charge < -0.3 is 10.6 Å². The average Bonchev–Trinajstić information content (AvgIpc) is 2.64. The standard InChI is InChI=1S/C11H10FN3O/c12-9-2-1-3-10(8(9)5-13)15-7-4-11(16)14-6-7/h1-3,7,15H,4,6H2,(H,14,16)/t7-/m0/s1. The van der Waals surface area contributed by atoms with Crippen molar-refractivity contribution < 1.29 is 9.18 Å². The van der Waals surface area contributed by atoms with Crippen LogP contribution in [-0.2, 0) is 4.79 Å². The van der Waals surface area contributed by atoms with E-state index in [2.05, 4.69) is 10.6 Å². The number of anilines is 1. The zero-order valence-electron chi connectivity index (χ0n) is 8.46. The van der Waals surface area contributed by atoms with Crippen molar-refractivity contribution in [3.8, 4) is 6.07 Å². The molecular weight excluding hydrogens is 209 g/mol. The fourth-order valence-electron chi connectivity index (χ4n) is 1.69. The fourth-order valence-corrected chi connectivity index (χ4v) is 1.69. The topological polar surface area (TPSA) is 64.9 Å². The molecule has 2 N–H and O–H groups in total. The van der Waals surface area contributed by atoms with E-state index in [0.717, 1.165) is 0 Å². The predicted molar refractivity (Wildman–Crippen MR) is 56.2 cm³/mol. The van der Waals surface area contributed by atoms with Crippen LogP contribution in [0.2, 0.25) is 0 Å². The van der Waals surface area contributed by atoms with Crippen molar-refractivity contribution >= 4 is 11.6 Å². The lowest BCUT2D eigenvalue weighted by Gasteiger charge is -2.13. The molecule has 0 aliphatic carbocycles. The molecule has 0 spiro atoms. The van der Waals surface area contributed by atoms with Crippen LogP contribution in [0.5, 0.6) is 0 Å². The summed E-state index contributed by atoms with van der Waals surface area (Å²) in [6.45, 7) is 0.500. The number of hydrogen-bond donors (Lipinski definition) is 2. The van der Waals surface area contributed by atoms with Crippen molar-refractivity contribution in [3.05, 3.63) is 29.6 Å². The molecule has 4 nitrogen and oxygen atoms in total. The van der Waals surface area contributed by atoms with Gasteiger partial charge in [-0.15, -0.1) is 0 Å². The lowest BCUT2D eigenvalue weighted by atomic mass is 10.1. The Morgan fingerprint density at radius 1 is 1.56 bits per heavy atom. The number of carbonyl (C=O) groups is 1. The number of carbonyl (C=O) groups excluding carboxylic acids is 1. The highest BCUT2D eigenvalue weighted by molar-refractivity contribution is 5.79. The third-order valence-electron chi connectivity index (χ3n) is 2.46. The molecule has 0 radical (unpaired) electrons. The lowest BCUT2D eigenvalue weighted by Crippen LogP contribution is -2.22. The van der Waals surface area contributed by atoms with Gasteiger partial charge in [0.1, 0.15) is 17.4 Å². The van der Waals surface area contributed by atoms with Crippen LogP contribution < -0.4 is 10.6 Å². The van der Waals surface area contributed by atoms with Gasteiger partial charge in [-0.25, -0.2) is 4.39 Å². The van der Waals surface area contributed by atoms with Crippen molar-refractivity contribution in [2.24, 2.45) is 0 Å². The first kappa shape index (κ1) is 10.4. The van der Waals surface area contributed by atoms with E-state index in [-0.39, 0.29) is 17.5 Å². The quantitative estimate of drug-likeness (QED) is 0.779. The van der Waals surface area contributed by atoms with Gasteiger partial charge in [-0.05, 0) is 12.1 Å². The summed E-state index contributed by atoms with van der Waals surface area (Å²) < 4.78 is 13.3. The first-order valence-corrected chi connectivity index (χ1v) is 4.92. The summed E-state index contributed by atoms with van der Waals surface area (Å²) in [7, 11) is 0. The molecule has 1 atom stereocenters. The Hall–Kier alpha value is -2.09. The maximum atomic E-state index is 13.3. The normalized spacial score (nSPS) is 19.0. The smallest absolute Gasteiger partial charge is 0.222 e. The van der Waals surface area contributed by atoms with E-state index in [0.29, 0.717) is 18.7 Å². The number of amides is 1. The monoisotopic (exact) mass is 219 g/mol. The molecule has 0 unspecified atom stereocenters. The molecule has 0 aromatic heterocycles. The second-order valence-corrected chi connectivity index (χ2v) is 3.62. The molecule has 1 aliphatic heterocycles. The highest BCUT2D eigenvalue weighted by atomic mass is 19.1. The molecule has 1 heterocycles. The van der Waals surface area contributed by atoms with Gasteiger partial charge in [0.15, 0.2) is 0 Å². The highest BCUT2D eigenvalue weighted by Crippen LogP contribution is 2.19. The third kappa shape index (κ3) is 1.96. The Balaban J connectivity index is 2.19. The van der Waals surface area contributed by atoms with Gasteiger partial charge in [0.05, 0.1) is 11.7 Å². The molecular formula is C11H10FN3O. The lowest BCUT2D eigenvalue weighted by molar-refractivity contribution is -0.119. The van der Waals surface area contributed by atoms with Gasteiger partial charge >= 0.3 is 0 Å². The molecule has 16 heavy (non-hydrogen) atoms. The van der Waals surface area contributed by atoms with E-state index < -0.39 is 5.82 Å². The molecule has 1 aromatic rings. The van der Waals surface area contributed by atoms with E-state index in [9.17, 15) is 9.18 Å². The van der Waals surface area contributed by atoms with Gasteiger partial charge in [-0.3, -0.25) is 4.79 Å². The first-order chi connectivity index (χ1) is 7.70. The summed E-state index contributed by atoms with van der Waals surface area (Å²) in [6.07, 6.45) is 0.349. The van der Waals surface area contributed by atoms with Crippen molar-refractivity contribution in [2.75, 3.05) is 11.9 Å². The molecule has 2 rings (SSSR count). The van der Waals surface area contributed by atoms with Gasteiger partial charge in [-0.2, -0.15) is 5.26 Å². The molecule has 1 aliphatic rings. The Bertz CT molecular complexity index is 467. The molecule has 5 heteroatoms. The SMILES string of the molecule is N#Cc1c(F)cccc1N[C@@H]1CNC(=O)C1. The van der Waals surface area contributed by atoms with Crippen LogP contribution >= 0.6 is 0 Å². The van der Waals surface area contributed by atoms with Crippen molar-refractivity contribution in [1.82, 2.24) is 5.32 Å². The molecule has 1 amide bonds.